The molecular weight excluding hydrogens is 286 g/mol. The second kappa shape index (κ2) is 7.26. The van der Waals surface area contributed by atoms with Crippen LogP contribution < -0.4 is 10.1 Å². The Morgan fingerprint density at radius 1 is 1.36 bits per heavy atom. The molecule has 0 bridgehead atoms. The van der Waals surface area contributed by atoms with E-state index in [9.17, 15) is 9.59 Å². The monoisotopic (exact) mass is 307 g/mol. The van der Waals surface area contributed by atoms with Gasteiger partial charge in [0.25, 0.3) is 0 Å². The third-order valence-electron chi connectivity index (χ3n) is 3.61. The van der Waals surface area contributed by atoms with Gasteiger partial charge in [-0.1, -0.05) is 18.2 Å². The normalized spacial score (nSPS) is 20.0. The summed E-state index contributed by atoms with van der Waals surface area (Å²) in [5.74, 6) is -0.380. The van der Waals surface area contributed by atoms with Crippen molar-refractivity contribution in [1.29, 1.82) is 0 Å². The molecule has 6 nitrogen and oxygen atoms in total. The van der Waals surface area contributed by atoms with Crippen molar-refractivity contribution in [1.82, 2.24) is 5.32 Å². The van der Waals surface area contributed by atoms with Crippen LogP contribution in [0.4, 0.5) is 0 Å². The van der Waals surface area contributed by atoms with Crippen LogP contribution >= 0.6 is 0 Å². The van der Waals surface area contributed by atoms with Gasteiger partial charge in [0, 0.05) is 6.61 Å². The lowest BCUT2D eigenvalue weighted by atomic mass is 10.0. The van der Waals surface area contributed by atoms with Crippen molar-refractivity contribution < 1.29 is 23.8 Å². The molecule has 1 aromatic carbocycles. The molecule has 1 fully saturated rings. The second-order valence-electron chi connectivity index (χ2n) is 5.48. The van der Waals surface area contributed by atoms with Gasteiger partial charge in [0.2, 0.25) is 5.91 Å². The maximum absolute atomic E-state index is 12.2. The van der Waals surface area contributed by atoms with E-state index in [-0.39, 0.29) is 18.4 Å². The molecule has 22 heavy (non-hydrogen) atoms. The van der Waals surface area contributed by atoms with Crippen LogP contribution in [0.2, 0.25) is 0 Å². The molecule has 0 spiro atoms. The van der Waals surface area contributed by atoms with E-state index >= 15 is 0 Å². The molecule has 120 valence electrons. The number of ether oxygens (including phenoxy) is 3. The minimum atomic E-state index is -1.25. The first-order valence-corrected chi connectivity index (χ1v) is 7.21. The van der Waals surface area contributed by atoms with Gasteiger partial charge in [-0.15, -0.1) is 0 Å². The first kappa shape index (κ1) is 16.3. The molecule has 2 atom stereocenters. The van der Waals surface area contributed by atoms with E-state index < -0.39 is 11.5 Å². The Morgan fingerprint density at radius 3 is 2.68 bits per heavy atom. The number of amides is 1. The molecule has 1 amide bonds. The van der Waals surface area contributed by atoms with Crippen molar-refractivity contribution in [2.45, 2.75) is 18.9 Å². The molecule has 1 aromatic rings. The third-order valence-corrected chi connectivity index (χ3v) is 3.61. The van der Waals surface area contributed by atoms with E-state index in [0.717, 1.165) is 0 Å². The van der Waals surface area contributed by atoms with Gasteiger partial charge in [0.1, 0.15) is 12.4 Å². The summed E-state index contributed by atoms with van der Waals surface area (Å²) in [4.78, 5) is 24.3. The number of benzene rings is 1. The number of nitrogens with one attached hydrogen (secondary N) is 1. The molecule has 0 aromatic heterocycles. The summed E-state index contributed by atoms with van der Waals surface area (Å²) >= 11 is 0. The molecular formula is C16H21NO5. The highest BCUT2D eigenvalue weighted by atomic mass is 16.5. The predicted octanol–water partition coefficient (Wildman–Crippen LogP) is 1.15. The fraction of sp³-hybridized carbons (Fsp3) is 0.500. The Bertz CT molecular complexity index is 513. The largest absolute Gasteiger partial charge is 0.491 e. The first-order chi connectivity index (χ1) is 10.5. The van der Waals surface area contributed by atoms with Crippen molar-refractivity contribution in [2.24, 2.45) is 5.92 Å². The lowest BCUT2D eigenvalue weighted by Gasteiger charge is -2.28. The molecule has 1 saturated heterocycles. The standard InChI is InChI=1S/C16H21NO5/c1-16(15(19)20-2,11-22-13-6-4-3-5-7-13)17-14(18)12-8-9-21-10-12/h3-7,12H,8-11H2,1-2H3,(H,17,18). The van der Waals surface area contributed by atoms with Gasteiger partial charge in [0.05, 0.1) is 19.6 Å². The molecule has 1 aliphatic rings. The van der Waals surface area contributed by atoms with Crippen molar-refractivity contribution in [3.63, 3.8) is 0 Å². The first-order valence-electron chi connectivity index (χ1n) is 7.21. The van der Waals surface area contributed by atoms with Gasteiger partial charge < -0.3 is 19.5 Å². The predicted molar refractivity (Wildman–Crippen MR) is 79.4 cm³/mol. The Balaban J connectivity index is 2.02. The lowest BCUT2D eigenvalue weighted by molar-refractivity contribution is -0.152. The van der Waals surface area contributed by atoms with Gasteiger partial charge in [-0.2, -0.15) is 0 Å². The van der Waals surface area contributed by atoms with Crippen LogP contribution in [0.5, 0.6) is 5.75 Å². The summed E-state index contributed by atoms with van der Waals surface area (Å²) in [7, 11) is 1.29. The van der Waals surface area contributed by atoms with Crippen molar-refractivity contribution in [3.05, 3.63) is 30.3 Å². The molecule has 0 saturated carbocycles. The minimum absolute atomic E-state index is 0.0109. The Hall–Kier alpha value is -2.08. The molecule has 1 N–H and O–H groups in total. The van der Waals surface area contributed by atoms with Crippen molar-refractivity contribution >= 4 is 11.9 Å². The molecule has 2 unspecified atom stereocenters. The van der Waals surface area contributed by atoms with Crippen LogP contribution in [0.25, 0.3) is 0 Å². The highest BCUT2D eigenvalue weighted by Crippen LogP contribution is 2.17. The molecule has 2 rings (SSSR count). The van der Waals surface area contributed by atoms with Gasteiger partial charge in [-0.05, 0) is 25.5 Å². The summed E-state index contributed by atoms with van der Waals surface area (Å²) in [6, 6.07) is 9.10. The van der Waals surface area contributed by atoms with E-state index in [1.54, 1.807) is 19.1 Å². The van der Waals surface area contributed by atoms with Crippen LogP contribution in [0.1, 0.15) is 13.3 Å². The maximum atomic E-state index is 12.2. The Morgan fingerprint density at radius 2 is 2.09 bits per heavy atom. The van der Waals surface area contributed by atoms with Gasteiger partial charge in [-0.3, -0.25) is 4.79 Å². The average molecular weight is 307 g/mol. The highest BCUT2D eigenvalue weighted by molar-refractivity contribution is 5.89. The summed E-state index contributed by atoms with van der Waals surface area (Å²) in [6.07, 6.45) is 0.655. The van der Waals surface area contributed by atoms with Crippen LogP contribution in [0.3, 0.4) is 0 Å². The topological polar surface area (TPSA) is 73.9 Å². The Kier molecular flexibility index (Phi) is 5.38. The fourth-order valence-electron chi connectivity index (χ4n) is 2.23. The summed E-state index contributed by atoms with van der Waals surface area (Å²) in [5.41, 5.74) is -1.25. The third kappa shape index (κ3) is 3.98. The van der Waals surface area contributed by atoms with Gasteiger partial charge in [0.15, 0.2) is 5.54 Å². The number of esters is 1. The average Bonchev–Trinajstić information content (AvgIpc) is 3.08. The highest BCUT2D eigenvalue weighted by Gasteiger charge is 2.39. The van der Waals surface area contributed by atoms with E-state index in [1.165, 1.54) is 7.11 Å². The zero-order valence-corrected chi connectivity index (χ0v) is 12.8. The molecule has 1 aliphatic heterocycles. The summed E-state index contributed by atoms with van der Waals surface area (Å²) in [6.45, 7) is 2.52. The number of para-hydroxylation sites is 1. The van der Waals surface area contributed by atoms with Gasteiger partial charge >= 0.3 is 5.97 Å². The molecule has 0 aliphatic carbocycles. The quantitative estimate of drug-likeness (QED) is 0.798. The maximum Gasteiger partial charge on any atom is 0.334 e. The molecule has 6 heteroatoms. The number of hydrogen-bond donors (Lipinski definition) is 1. The van der Waals surface area contributed by atoms with E-state index in [1.807, 2.05) is 18.2 Å². The number of rotatable bonds is 6. The number of carbonyl (C=O) groups is 2. The second-order valence-corrected chi connectivity index (χ2v) is 5.48. The fourth-order valence-corrected chi connectivity index (χ4v) is 2.23. The molecule has 1 heterocycles. The zero-order valence-electron chi connectivity index (χ0n) is 12.8. The van der Waals surface area contributed by atoms with Crippen molar-refractivity contribution in [2.75, 3.05) is 26.9 Å². The van der Waals surface area contributed by atoms with E-state index in [0.29, 0.717) is 25.4 Å². The van der Waals surface area contributed by atoms with Crippen molar-refractivity contribution in [3.8, 4) is 5.75 Å². The lowest BCUT2D eigenvalue weighted by Crippen LogP contribution is -2.58. The van der Waals surface area contributed by atoms with Crippen LogP contribution in [0, 0.1) is 5.92 Å². The minimum Gasteiger partial charge on any atom is -0.491 e. The number of hydrogen-bond acceptors (Lipinski definition) is 5. The number of carbonyl (C=O) groups excluding carboxylic acids is 2. The van der Waals surface area contributed by atoms with E-state index in [2.05, 4.69) is 5.32 Å². The van der Waals surface area contributed by atoms with Gasteiger partial charge in [-0.25, -0.2) is 4.79 Å². The van der Waals surface area contributed by atoms with Crippen LogP contribution in [-0.2, 0) is 19.1 Å². The number of methoxy groups -OCH3 is 1. The molecule has 0 radical (unpaired) electrons. The Labute approximate surface area is 129 Å². The van der Waals surface area contributed by atoms with Crippen LogP contribution in [0.15, 0.2) is 30.3 Å². The zero-order chi connectivity index (χ0) is 16.0. The van der Waals surface area contributed by atoms with E-state index in [4.69, 9.17) is 14.2 Å². The summed E-state index contributed by atoms with van der Waals surface area (Å²) in [5, 5.41) is 2.74. The summed E-state index contributed by atoms with van der Waals surface area (Å²) < 4.78 is 15.6. The van der Waals surface area contributed by atoms with Crippen LogP contribution in [-0.4, -0.2) is 44.3 Å². The SMILES string of the molecule is COC(=O)C(C)(COc1ccccc1)NC(=O)C1CCOC1. The smallest absolute Gasteiger partial charge is 0.334 e.